The number of nitrogens with one attached hydrogen (secondary N) is 2. The standard InChI is InChI=1S/C20H20FN7O/c1-11(22)9-25-16-4-3-14(18-19(16)24-6-5-23-18)20(29)26-13-7-12-10-28(2)27-17(12)15(21)8-13/h3-8,10-11,25H,9,22H2,1-2H3,(H,26,29)/t11-/m0/s1. The van der Waals surface area contributed by atoms with Gasteiger partial charge in [-0.2, -0.15) is 5.10 Å². The molecular formula is C20H20FN7O. The fourth-order valence-corrected chi connectivity index (χ4v) is 3.14. The van der Waals surface area contributed by atoms with Crippen LogP contribution in [0.3, 0.4) is 0 Å². The second-order valence-electron chi connectivity index (χ2n) is 6.93. The molecule has 0 aliphatic carbocycles. The van der Waals surface area contributed by atoms with Gasteiger partial charge in [0.25, 0.3) is 5.91 Å². The number of benzene rings is 2. The smallest absolute Gasteiger partial charge is 0.257 e. The van der Waals surface area contributed by atoms with Crippen molar-refractivity contribution >= 4 is 39.2 Å². The van der Waals surface area contributed by atoms with Gasteiger partial charge in [-0.3, -0.25) is 19.4 Å². The number of nitrogens with two attached hydrogens (primary N) is 1. The number of halogens is 1. The van der Waals surface area contributed by atoms with Crippen LogP contribution in [0, 0.1) is 5.82 Å². The van der Waals surface area contributed by atoms with Crippen LogP contribution in [0.4, 0.5) is 15.8 Å². The summed E-state index contributed by atoms with van der Waals surface area (Å²) in [6.45, 7) is 2.45. The van der Waals surface area contributed by atoms with Crippen molar-refractivity contribution in [1.82, 2.24) is 19.7 Å². The van der Waals surface area contributed by atoms with E-state index < -0.39 is 11.7 Å². The quantitative estimate of drug-likeness (QED) is 0.481. The van der Waals surface area contributed by atoms with Gasteiger partial charge in [-0.1, -0.05) is 0 Å². The molecular weight excluding hydrogens is 373 g/mol. The predicted molar refractivity (Wildman–Crippen MR) is 110 cm³/mol. The summed E-state index contributed by atoms with van der Waals surface area (Å²) < 4.78 is 15.8. The second kappa shape index (κ2) is 7.44. The highest BCUT2D eigenvalue weighted by atomic mass is 19.1. The lowest BCUT2D eigenvalue weighted by molar-refractivity contribution is 0.102. The van der Waals surface area contributed by atoms with Gasteiger partial charge in [-0.05, 0) is 31.2 Å². The van der Waals surface area contributed by atoms with E-state index in [2.05, 4.69) is 25.7 Å². The van der Waals surface area contributed by atoms with Crippen LogP contribution in [0.25, 0.3) is 21.9 Å². The molecule has 0 fully saturated rings. The van der Waals surface area contributed by atoms with Crippen molar-refractivity contribution in [3.8, 4) is 0 Å². The van der Waals surface area contributed by atoms with Crippen LogP contribution in [0.5, 0.6) is 0 Å². The lowest BCUT2D eigenvalue weighted by atomic mass is 10.1. The Balaban J connectivity index is 1.68. The molecule has 2 aromatic heterocycles. The van der Waals surface area contributed by atoms with Gasteiger partial charge in [0.05, 0.1) is 11.3 Å². The van der Waals surface area contributed by atoms with Crippen LogP contribution in [0.15, 0.2) is 42.9 Å². The minimum atomic E-state index is -0.501. The van der Waals surface area contributed by atoms with Crippen LogP contribution in [0.1, 0.15) is 17.3 Å². The van der Waals surface area contributed by atoms with Crippen LogP contribution in [-0.4, -0.2) is 38.2 Å². The Hall–Kier alpha value is -3.59. The molecule has 1 amide bonds. The first-order valence-electron chi connectivity index (χ1n) is 9.10. The van der Waals surface area contributed by atoms with Crippen molar-refractivity contribution < 1.29 is 9.18 Å². The van der Waals surface area contributed by atoms with Gasteiger partial charge < -0.3 is 16.4 Å². The number of hydrogen-bond donors (Lipinski definition) is 3. The van der Waals surface area contributed by atoms with Crippen LogP contribution in [-0.2, 0) is 7.05 Å². The van der Waals surface area contributed by atoms with E-state index in [1.807, 2.05) is 6.92 Å². The Labute approximate surface area is 165 Å². The normalized spacial score (nSPS) is 12.3. The molecule has 29 heavy (non-hydrogen) atoms. The minimum Gasteiger partial charge on any atom is -0.382 e. The van der Waals surface area contributed by atoms with Gasteiger partial charge in [0.1, 0.15) is 16.6 Å². The van der Waals surface area contributed by atoms with Crippen LogP contribution >= 0.6 is 0 Å². The first kappa shape index (κ1) is 18.8. The second-order valence-corrected chi connectivity index (χ2v) is 6.93. The predicted octanol–water partition coefficient (Wildman–Crippen LogP) is 2.67. The molecule has 0 saturated heterocycles. The van der Waals surface area contributed by atoms with E-state index in [0.717, 1.165) is 5.69 Å². The maximum absolute atomic E-state index is 14.3. The van der Waals surface area contributed by atoms with Gasteiger partial charge in [0, 0.05) is 49.3 Å². The number of aryl methyl sites for hydroxylation is 1. The fourth-order valence-electron chi connectivity index (χ4n) is 3.14. The summed E-state index contributed by atoms with van der Waals surface area (Å²) in [4.78, 5) is 21.6. The number of fused-ring (bicyclic) bond motifs is 2. The Bertz CT molecular complexity index is 1220. The molecule has 148 valence electrons. The largest absolute Gasteiger partial charge is 0.382 e. The Morgan fingerprint density at radius 2 is 1.97 bits per heavy atom. The number of hydrogen-bond acceptors (Lipinski definition) is 6. The molecule has 4 N–H and O–H groups in total. The van der Waals surface area contributed by atoms with Crippen molar-refractivity contribution in [3.63, 3.8) is 0 Å². The summed E-state index contributed by atoms with van der Waals surface area (Å²) in [6.07, 6.45) is 4.77. The van der Waals surface area contributed by atoms with Gasteiger partial charge in [-0.25, -0.2) is 4.39 Å². The summed E-state index contributed by atoms with van der Waals surface area (Å²) in [5.41, 5.74) is 8.49. The molecule has 0 radical (unpaired) electrons. The minimum absolute atomic E-state index is 0.0398. The van der Waals surface area contributed by atoms with Gasteiger partial charge in [0.15, 0.2) is 5.82 Å². The number of amides is 1. The summed E-state index contributed by atoms with van der Waals surface area (Å²) in [5, 5.41) is 10.6. The first-order valence-corrected chi connectivity index (χ1v) is 9.10. The number of carbonyl (C=O) groups is 1. The maximum atomic E-state index is 14.3. The Morgan fingerprint density at radius 1 is 1.21 bits per heavy atom. The first-order chi connectivity index (χ1) is 13.9. The lowest BCUT2D eigenvalue weighted by Crippen LogP contribution is -2.25. The third-order valence-corrected chi connectivity index (χ3v) is 4.42. The molecule has 0 aliphatic rings. The zero-order chi connectivity index (χ0) is 20.5. The topological polar surface area (TPSA) is 111 Å². The Morgan fingerprint density at radius 3 is 2.72 bits per heavy atom. The summed E-state index contributed by atoms with van der Waals surface area (Å²) >= 11 is 0. The van der Waals surface area contributed by atoms with Crippen molar-refractivity contribution in [2.75, 3.05) is 17.2 Å². The summed E-state index contributed by atoms with van der Waals surface area (Å²) in [6, 6.07) is 6.31. The highest BCUT2D eigenvalue weighted by Crippen LogP contribution is 2.26. The van der Waals surface area contributed by atoms with Gasteiger partial charge >= 0.3 is 0 Å². The molecule has 2 heterocycles. The third kappa shape index (κ3) is 3.72. The summed E-state index contributed by atoms with van der Waals surface area (Å²) in [7, 11) is 1.71. The molecule has 9 heteroatoms. The molecule has 0 aliphatic heterocycles. The van der Waals surface area contributed by atoms with Crippen molar-refractivity contribution in [1.29, 1.82) is 0 Å². The van der Waals surface area contributed by atoms with E-state index in [1.165, 1.54) is 16.9 Å². The molecule has 4 rings (SSSR count). The van der Waals surface area contributed by atoms with Crippen LogP contribution < -0.4 is 16.4 Å². The number of carbonyl (C=O) groups excluding carboxylic acids is 1. The van der Waals surface area contributed by atoms with E-state index in [9.17, 15) is 9.18 Å². The SMILES string of the molecule is C[C@H](N)CNc1ccc(C(=O)Nc2cc(F)c3nn(C)cc3c2)c2nccnc12. The van der Waals surface area contributed by atoms with Gasteiger partial charge in [-0.15, -0.1) is 0 Å². The summed E-state index contributed by atoms with van der Waals surface area (Å²) in [5.74, 6) is -0.907. The van der Waals surface area contributed by atoms with E-state index in [-0.39, 0.29) is 11.6 Å². The van der Waals surface area contributed by atoms with Crippen molar-refractivity contribution in [2.45, 2.75) is 13.0 Å². The van der Waals surface area contributed by atoms with E-state index >= 15 is 0 Å². The number of aromatic nitrogens is 4. The molecule has 0 unspecified atom stereocenters. The zero-order valence-electron chi connectivity index (χ0n) is 16.0. The lowest BCUT2D eigenvalue weighted by Gasteiger charge is -2.13. The monoisotopic (exact) mass is 393 g/mol. The highest BCUT2D eigenvalue weighted by molar-refractivity contribution is 6.13. The molecule has 4 aromatic rings. The highest BCUT2D eigenvalue weighted by Gasteiger charge is 2.16. The third-order valence-electron chi connectivity index (χ3n) is 4.42. The number of rotatable bonds is 5. The zero-order valence-corrected chi connectivity index (χ0v) is 16.0. The Kier molecular flexibility index (Phi) is 4.81. The molecule has 2 aromatic carbocycles. The maximum Gasteiger partial charge on any atom is 0.257 e. The number of anilines is 2. The molecule has 8 nitrogen and oxygen atoms in total. The van der Waals surface area contributed by atoms with E-state index in [0.29, 0.717) is 34.2 Å². The van der Waals surface area contributed by atoms with Crippen molar-refractivity contribution in [3.05, 3.63) is 54.2 Å². The molecule has 0 bridgehead atoms. The average Bonchev–Trinajstić information content (AvgIpc) is 3.06. The number of nitrogens with zero attached hydrogens (tertiary/aromatic N) is 4. The van der Waals surface area contributed by atoms with E-state index in [1.54, 1.807) is 37.6 Å². The average molecular weight is 393 g/mol. The molecule has 0 saturated carbocycles. The van der Waals surface area contributed by atoms with E-state index in [4.69, 9.17) is 5.73 Å². The van der Waals surface area contributed by atoms with Gasteiger partial charge in [0.2, 0.25) is 0 Å². The fraction of sp³-hybridized carbons (Fsp3) is 0.200. The molecule has 1 atom stereocenters. The molecule has 0 spiro atoms. The van der Waals surface area contributed by atoms with Crippen molar-refractivity contribution in [2.24, 2.45) is 12.8 Å². The van der Waals surface area contributed by atoms with Crippen LogP contribution in [0.2, 0.25) is 0 Å².